The van der Waals surface area contributed by atoms with Gasteiger partial charge in [0.05, 0.1) is 6.10 Å². The van der Waals surface area contributed by atoms with Crippen LogP contribution in [-0.4, -0.2) is 18.1 Å². The van der Waals surface area contributed by atoms with E-state index in [9.17, 15) is 4.79 Å². The Morgan fingerprint density at radius 2 is 1.89 bits per heavy atom. The molecule has 1 atom stereocenters. The summed E-state index contributed by atoms with van der Waals surface area (Å²) in [6.45, 7) is 3.82. The number of rotatable bonds is 5. The molecule has 4 nitrogen and oxygen atoms in total. The van der Waals surface area contributed by atoms with Crippen LogP contribution in [0.15, 0.2) is 24.3 Å². The van der Waals surface area contributed by atoms with E-state index in [0.29, 0.717) is 0 Å². The van der Waals surface area contributed by atoms with E-state index >= 15 is 0 Å². The molecule has 0 radical (unpaired) electrons. The largest absolute Gasteiger partial charge is 0.325 e. The number of hydroxylamine groups is 1. The Bertz CT molecular complexity index is 411. The predicted molar refractivity (Wildman–Crippen MR) is 75.7 cm³/mol. The van der Waals surface area contributed by atoms with Gasteiger partial charge >= 0.3 is 0 Å². The molecule has 1 aliphatic carbocycles. The molecule has 1 fully saturated rings. The number of aryl methyl sites for hydroxylation is 1. The molecular weight excluding hydrogens is 240 g/mol. The van der Waals surface area contributed by atoms with Gasteiger partial charge in [-0.3, -0.25) is 9.63 Å². The second kappa shape index (κ2) is 6.68. The van der Waals surface area contributed by atoms with Gasteiger partial charge in [0.2, 0.25) is 5.91 Å². The van der Waals surface area contributed by atoms with Gasteiger partial charge in [0.15, 0.2) is 0 Å². The van der Waals surface area contributed by atoms with Crippen LogP contribution in [0.2, 0.25) is 0 Å². The number of amides is 1. The van der Waals surface area contributed by atoms with Crippen molar-refractivity contribution in [3.05, 3.63) is 29.8 Å². The first-order chi connectivity index (χ1) is 9.15. The molecule has 0 aromatic heterocycles. The number of carbonyl (C=O) groups is 1. The molecule has 1 saturated carbocycles. The highest BCUT2D eigenvalue weighted by Crippen LogP contribution is 2.20. The summed E-state index contributed by atoms with van der Waals surface area (Å²) in [5, 5.41) is 2.86. The summed E-state index contributed by atoms with van der Waals surface area (Å²) in [6, 6.07) is 7.39. The molecule has 19 heavy (non-hydrogen) atoms. The van der Waals surface area contributed by atoms with E-state index in [2.05, 4.69) is 10.8 Å². The van der Waals surface area contributed by atoms with E-state index in [4.69, 9.17) is 4.84 Å². The molecule has 1 amide bonds. The predicted octanol–water partition coefficient (Wildman–Crippen LogP) is 2.79. The first kappa shape index (κ1) is 14.0. The van der Waals surface area contributed by atoms with Gasteiger partial charge < -0.3 is 5.32 Å². The van der Waals surface area contributed by atoms with Crippen molar-refractivity contribution in [2.24, 2.45) is 0 Å². The van der Waals surface area contributed by atoms with E-state index in [-0.39, 0.29) is 18.1 Å². The van der Waals surface area contributed by atoms with Crippen molar-refractivity contribution in [3.63, 3.8) is 0 Å². The Morgan fingerprint density at radius 1 is 1.26 bits per heavy atom. The van der Waals surface area contributed by atoms with E-state index in [1.54, 1.807) is 6.92 Å². The van der Waals surface area contributed by atoms with Gasteiger partial charge in [0, 0.05) is 5.69 Å². The summed E-state index contributed by atoms with van der Waals surface area (Å²) in [4.78, 5) is 17.5. The summed E-state index contributed by atoms with van der Waals surface area (Å²) in [5.74, 6) is -0.0816. The van der Waals surface area contributed by atoms with Gasteiger partial charge in [-0.25, -0.2) is 0 Å². The Labute approximate surface area is 114 Å². The van der Waals surface area contributed by atoms with Crippen LogP contribution < -0.4 is 10.8 Å². The van der Waals surface area contributed by atoms with Gasteiger partial charge in [-0.1, -0.05) is 30.5 Å². The van der Waals surface area contributed by atoms with Crippen LogP contribution in [0, 0.1) is 6.92 Å². The molecular formula is C15H22N2O2. The molecule has 0 saturated heterocycles. The third-order valence-corrected chi connectivity index (χ3v) is 3.43. The minimum atomic E-state index is -0.359. The summed E-state index contributed by atoms with van der Waals surface area (Å²) in [7, 11) is 0. The van der Waals surface area contributed by atoms with Crippen LogP contribution in [0.1, 0.15) is 38.2 Å². The Balaban J connectivity index is 1.76. The van der Waals surface area contributed by atoms with Crippen LogP contribution in [0.3, 0.4) is 0 Å². The number of hydrogen-bond acceptors (Lipinski definition) is 3. The summed E-state index contributed by atoms with van der Waals surface area (Å²) < 4.78 is 0. The zero-order valence-corrected chi connectivity index (χ0v) is 11.6. The van der Waals surface area contributed by atoms with Gasteiger partial charge in [-0.2, -0.15) is 5.48 Å². The lowest BCUT2D eigenvalue weighted by Gasteiger charge is -2.17. The normalized spacial score (nSPS) is 17.4. The van der Waals surface area contributed by atoms with Crippen molar-refractivity contribution in [2.75, 3.05) is 5.32 Å². The van der Waals surface area contributed by atoms with Crippen LogP contribution >= 0.6 is 0 Å². The lowest BCUT2D eigenvalue weighted by atomic mass is 10.2. The summed E-state index contributed by atoms with van der Waals surface area (Å²) in [5.41, 5.74) is 4.83. The lowest BCUT2D eigenvalue weighted by Crippen LogP contribution is -2.39. The molecule has 104 valence electrons. The number of hydrogen-bond donors (Lipinski definition) is 2. The monoisotopic (exact) mass is 262 g/mol. The van der Waals surface area contributed by atoms with Gasteiger partial charge in [0.1, 0.15) is 6.04 Å². The fourth-order valence-corrected chi connectivity index (χ4v) is 2.15. The highest BCUT2D eigenvalue weighted by molar-refractivity contribution is 5.94. The van der Waals surface area contributed by atoms with Gasteiger partial charge in [0.25, 0.3) is 0 Å². The highest BCUT2D eigenvalue weighted by Gasteiger charge is 2.19. The van der Waals surface area contributed by atoms with E-state index < -0.39 is 0 Å². The van der Waals surface area contributed by atoms with Crippen molar-refractivity contribution >= 4 is 11.6 Å². The third-order valence-electron chi connectivity index (χ3n) is 3.43. The summed E-state index contributed by atoms with van der Waals surface area (Å²) in [6.07, 6.45) is 4.86. The molecule has 0 aliphatic heterocycles. The van der Waals surface area contributed by atoms with Crippen molar-refractivity contribution < 1.29 is 9.63 Å². The minimum absolute atomic E-state index is 0.0816. The molecule has 1 unspecified atom stereocenters. The molecule has 2 N–H and O–H groups in total. The first-order valence-electron chi connectivity index (χ1n) is 6.94. The highest BCUT2D eigenvalue weighted by atomic mass is 16.7. The quantitative estimate of drug-likeness (QED) is 0.802. The molecule has 0 heterocycles. The molecule has 4 heteroatoms. The van der Waals surface area contributed by atoms with E-state index in [1.165, 1.54) is 18.4 Å². The van der Waals surface area contributed by atoms with Crippen LogP contribution in [-0.2, 0) is 9.63 Å². The second-order valence-electron chi connectivity index (χ2n) is 5.22. The van der Waals surface area contributed by atoms with Crippen molar-refractivity contribution in [3.8, 4) is 0 Å². The fraction of sp³-hybridized carbons (Fsp3) is 0.533. The van der Waals surface area contributed by atoms with Crippen molar-refractivity contribution in [1.82, 2.24) is 5.48 Å². The zero-order chi connectivity index (χ0) is 13.7. The number of benzene rings is 1. The van der Waals surface area contributed by atoms with Crippen LogP contribution in [0.4, 0.5) is 5.69 Å². The SMILES string of the molecule is Cc1ccc(NC(=O)C(C)NOC2CCCC2)cc1. The Hall–Kier alpha value is -1.39. The maximum absolute atomic E-state index is 11.9. The maximum atomic E-state index is 11.9. The number of anilines is 1. The Morgan fingerprint density at radius 3 is 2.53 bits per heavy atom. The number of carbonyl (C=O) groups excluding carboxylic acids is 1. The van der Waals surface area contributed by atoms with E-state index in [0.717, 1.165) is 18.5 Å². The lowest BCUT2D eigenvalue weighted by molar-refractivity contribution is -0.123. The van der Waals surface area contributed by atoms with Gasteiger partial charge in [-0.15, -0.1) is 0 Å². The molecule has 0 bridgehead atoms. The van der Waals surface area contributed by atoms with Crippen LogP contribution in [0.25, 0.3) is 0 Å². The zero-order valence-electron chi connectivity index (χ0n) is 11.6. The third kappa shape index (κ3) is 4.33. The van der Waals surface area contributed by atoms with Crippen molar-refractivity contribution in [1.29, 1.82) is 0 Å². The minimum Gasteiger partial charge on any atom is -0.325 e. The average Bonchev–Trinajstić information content (AvgIpc) is 2.91. The fourth-order valence-electron chi connectivity index (χ4n) is 2.15. The standard InChI is InChI=1S/C15H22N2O2/c1-11-7-9-13(10-8-11)16-15(18)12(2)17-19-14-5-3-4-6-14/h7-10,12,14,17H,3-6H2,1-2H3,(H,16,18). The topological polar surface area (TPSA) is 50.4 Å². The number of nitrogens with one attached hydrogen (secondary N) is 2. The molecule has 1 aromatic rings. The maximum Gasteiger partial charge on any atom is 0.243 e. The molecule has 2 rings (SSSR count). The smallest absolute Gasteiger partial charge is 0.243 e. The average molecular weight is 262 g/mol. The first-order valence-corrected chi connectivity index (χ1v) is 6.94. The van der Waals surface area contributed by atoms with E-state index in [1.807, 2.05) is 31.2 Å². The molecule has 0 spiro atoms. The summed E-state index contributed by atoms with van der Waals surface area (Å²) >= 11 is 0. The molecule has 1 aromatic carbocycles. The Kier molecular flexibility index (Phi) is 4.93. The molecule has 1 aliphatic rings. The van der Waals surface area contributed by atoms with Gasteiger partial charge in [-0.05, 0) is 38.8 Å². The second-order valence-corrected chi connectivity index (χ2v) is 5.22. The van der Waals surface area contributed by atoms with Crippen molar-refractivity contribution in [2.45, 2.75) is 51.7 Å². The van der Waals surface area contributed by atoms with Crippen LogP contribution in [0.5, 0.6) is 0 Å².